The average molecular weight is 726 g/mol. The molecule has 2 aliphatic carbocycles. The van der Waals surface area contributed by atoms with E-state index < -0.39 is 21.2 Å². The Morgan fingerprint density at radius 1 is 0.940 bits per heavy atom. The van der Waals surface area contributed by atoms with E-state index in [0.29, 0.717) is 43.3 Å². The molecule has 0 unspecified atom stereocenters. The largest absolute Gasteiger partial charge is 0.490 e. The summed E-state index contributed by atoms with van der Waals surface area (Å²) < 4.78 is 49.3. The predicted octanol–water partition coefficient (Wildman–Crippen LogP) is 6.17. The lowest BCUT2D eigenvalue weighted by Gasteiger charge is -2.49. The summed E-state index contributed by atoms with van der Waals surface area (Å²) in [4.78, 5) is 18.5. The Morgan fingerprint density at radius 3 is 2.50 bits per heavy atom. The summed E-state index contributed by atoms with van der Waals surface area (Å²) in [5.41, 5.74) is 3.51. The Kier molecular flexibility index (Phi) is 9.63. The van der Waals surface area contributed by atoms with Crippen LogP contribution < -0.4 is 14.4 Å². The molecule has 0 aromatic heterocycles. The Balaban J connectivity index is 1.15. The minimum atomic E-state index is -3.90. The molecule has 2 aromatic carbocycles. The van der Waals surface area contributed by atoms with Gasteiger partial charge in [-0.3, -0.25) is 9.69 Å². The minimum Gasteiger partial charge on any atom is -0.490 e. The number of likely N-dealkylation sites (tertiary alicyclic amines) is 1. The molecule has 4 aliphatic heterocycles. The summed E-state index contributed by atoms with van der Waals surface area (Å²) in [7, 11) is -3.90. The number of nitrogens with zero attached hydrogens (tertiary/aromatic N) is 2. The number of aryl methyl sites for hydroxylation is 1. The zero-order chi connectivity index (χ0) is 34.6. The summed E-state index contributed by atoms with van der Waals surface area (Å²) in [6, 6.07) is 12.0. The second kappa shape index (κ2) is 13.9. The standard InChI is InChI=1S/C39H52ClN3O6S/c1-25-6-3-8-33(38-47-21-31(22-48-38)42-16-5-17-42)32-12-9-29(32)20-43-23-39(15-4-7-27-18-30(40)11-13-34(27)39)24-49-36-14-10-28(19-35(36)43)37(44)41-50(45,46)26(25)2/h10-11,13-14,18-19,25-26,29,31-33,38H,3-9,12,15-17,20-24H2,1-2H3,(H,41,44)/t25-,26+,29-,31?,32+,33+,38?,39-/m0/s1. The van der Waals surface area contributed by atoms with Gasteiger partial charge in [-0.15, -0.1) is 0 Å². The molecule has 11 heteroatoms. The first-order valence-corrected chi connectivity index (χ1v) is 20.9. The van der Waals surface area contributed by atoms with E-state index in [9.17, 15) is 13.2 Å². The van der Waals surface area contributed by atoms with Crippen LogP contribution in [0.5, 0.6) is 5.75 Å². The highest BCUT2D eigenvalue weighted by Crippen LogP contribution is 2.49. The van der Waals surface area contributed by atoms with E-state index in [1.165, 1.54) is 17.5 Å². The molecule has 272 valence electrons. The molecule has 1 saturated carbocycles. The normalized spacial score (nSPS) is 36.1. The molecule has 9 nitrogen and oxygen atoms in total. The Labute approximate surface area is 302 Å². The molecule has 0 radical (unpaired) electrons. The number of benzene rings is 2. The molecule has 2 saturated heterocycles. The second-order valence-corrected chi connectivity index (χ2v) is 18.6. The van der Waals surface area contributed by atoms with Crippen molar-refractivity contribution in [1.29, 1.82) is 0 Å². The quantitative estimate of drug-likeness (QED) is 0.393. The van der Waals surface area contributed by atoms with Crippen molar-refractivity contribution in [3.05, 3.63) is 58.1 Å². The van der Waals surface area contributed by atoms with Gasteiger partial charge in [0.05, 0.1) is 36.8 Å². The zero-order valence-electron chi connectivity index (χ0n) is 29.4. The zero-order valence-corrected chi connectivity index (χ0v) is 31.0. The van der Waals surface area contributed by atoms with Crippen molar-refractivity contribution in [2.24, 2.45) is 23.7 Å². The lowest BCUT2D eigenvalue weighted by molar-refractivity contribution is -0.246. The maximum atomic E-state index is 13.6. The lowest BCUT2D eigenvalue weighted by atomic mass is 9.64. The Morgan fingerprint density at radius 2 is 1.76 bits per heavy atom. The third kappa shape index (κ3) is 6.57. The van der Waals surface area contributed by atoms with Crippen LogP contribution in [0.15, 0.2) is 36.4 Å². The molecule has 3 fully saturated rings. The second-order valence-electron chi connectivity index (χ2n) is 16.1. The third-order valence-corrected chi connectivity index (χ3v) is 15.3. The summed E-state index contributed by atoms with van der Waals surface area (Å²) in [5.74, 6) is 1.11. The summed E-state index contributed by atoms with van der Waals surface area (Å²) in [5, 5.41) is 0.0405. The maximum Gasteiger partial charge on any atom is 0.264 e. The van der Waals surface area contributed by atoms with Gasteiger partial charge in [-0.2, -0.15) is 0 Å². The van der Waals surface area contributed by atoms with Crippen LogP contribution in [0.4, 0.5) is 5.69 Å². The van der Waals surface area contributed by atoms with E-state index >= 15 is 0 Å². The first-order chi connectivity index (χ1) is 24.1. The number of amides is 1. The average Bonchev–Trinajstić information content (AvgIpc) is 3.21. The highest BCUT2D eigenvalue weighted by atomic mass is 35.5. The van der Waals surface area contributed by atoms with Gasteiger partial charge in [0.2, 0.25) is 10.0 Å². The van der Waals surface area contributed by atoms with Crippen molar-refractivity contribution in [2.45, 2.75) is 94.6 Å². The number of nitrogens with one attached hydrogen (secondary N) is 1. The summed E-state index contributed by atoms with van der Waals surface area (Å²) in [6.07, 6.45) is 8.84. The van der Waals surface area contributed by atoms with E-state index in [-0.39, 0.29) is 23.5 Å². The van der Waals surface area contributed by atoms with Crippen LogP contribution in [0, 0.1) is 23.7 Å². The van der Waals surface area contributed by atoms with Crippen molar-refractivity contribution in [2.75, 3.05) is 50.9 Å². The lowest BCUT2D eigenvalue weighted by Crippen LogP contribution is -2.55. The number of anilines is 1. The van der Waals surface area contributed by atoms with Gasteiger partial charge in [-0.25, -0.2) is 13.1 Å². The molecule has 4 heterocycles. The molecule has 2 bridgehead atoms. The SMILES string of the molecule is C[C@@H]1[C@@H](C)CCC[C@@H](C2OCC(N3CCC3)CO2)[C@@H]2CC[C@H]2CN2C[C@@]3(CCCc4cc(Cl)ccc43)COc3ccc(cc32)C(=O)NS1(=O)=O. The molecule has 6 aliphatic rings. The van der Waals surface area contributed by atoms with Gasteiger partial charge >= 0.3 is 0 Å². The number of fused-ring (bicyclic) bond motifs is 4. The number of sulfonamides is 1. The van der Waals surface area contributed by atoms with E-state index in [1.807, 2.05) is 25.1 Å². The summed E-state index contributed by atoms with van der Waals surface area (Å²) in [6.45, 7) is 9.44. The Bertz CT molecular complexity index is 1690. The number of hydrogen-bond acceptors (Lipinski definition) is 8. The van der Waals surface area contributed by atoms with Crippen LogP contribution in [0.1, 0.15) is 86.7 Å². The molecule has 1 amide bonds. The minimum absolute atomic E-state index is 0.115. The van der Waals surface area contributed by atoms with Crippen LogP contribution in [0.2, 0.25) is 5.02 Å². The molecule has 1 N–H and O–H groups in total. The monoisotopic (exact) mass is 725 g/mol. The van der Waals surface area contributed by atoms with Crippen molar-refractivity contribution in [3.63, 3.8) is 0 Å². The molecule has 8 rings (SSSR count). The van der Waals surface area contributed by atoms with Gasteiger partial charge in [0, 0.05) is 35.0 Å². The van der Waals surface area contributed by atoms with Crippen LogP contribution >= 0.6 is 11.6 Å². The maximum absolute atomic E-state index is 13.6. The van der Waals surface area contributed by atoms with Gasteiger partial charge < -0.3 is 19.1 Å². The van der Waals surface area contributed by atoms with Gasteiger partial charge in [0.25, 0.3) is 5.91 Å². The van der Waals surface area contributed by atoms with Crippen molar-refractivity contribution < 1.29 is 27.4 Å². The topological polar surface area (TPSA) is 97.4 Å². The number of carbonyl (C=O) groups excluding carboxylic acids is 1. The van der Waals surface area contributed by atoms with Gasteiger partial charge in [-0.05, 0) is 131 Å². The molecular formula is C39H52ClN3O6S. The van der Waals surface area contributed by atoms with Crippen molar-refractivity contribution >= 4 is 33.2 Å². The van der Waals surface area contributed by atoms with E-state index in [1.54, 1.807) is 13.0 Å². The highest BCUT2D eigenvalue weighted by molar-refractivity contribution is 7.90. The van der Waals surface area contributed by atoms with Crippen molar-refractivity contribution in [3.8, 4) is 5.75 Å². The number of halogens is 1. The van der Waals surface area contributed by atoms with Crippen LogP contribution in [-0.2, 0) is 31.3 Å². The first kappa shape index (κ1) is 34.7. The van der Waals surface area contributed by atoms with E-state index in [2.05, 4.69) is 26.7 Å². The Hall–Kier alpha value is -2.37. The fourth-order valence-electron chi connectivity index (χ4n) is 9.64. The van der Waals surface area contributed by atoms with Gasteiger partial charge in [0.15, 0.2) is 6.29 Å². The molecule has 2 aromatic rings. The molecule has 50 heavy (non-hydrogen) atoms. The predicted molar refractivity (Wildman–Crippen MR) is 194 cm³/mol. The highest BCUT2D eigenvalue weighted by Gasteiger charge is 2.47. The number of rotatable bonds is 2. The van der Waals surface area contributed by atoms with Crippen LogP contribution in [0.25, 0.3) is 0 Å². The number of carbonyl (C=O) groups is 1. The van der Waals surface area contributed by atoms with E-state index in [4.69, 9.17) is 25.8 Å². The number of ether oxygens (including phenoxy) is 3. The molecule has 1 spiro atoms. The summed E-state index contributed by atoms with van der Waals surface area (Å²) >= 11 is 6.48. The third-order valence-electron chi connectivity index (χ3n) is 13.2. The molecular weight excluding hydrogens is 674 g/mol. The smallest absolute Gasteiger partial charge is 0.264 e. The van der Waals surface area contributed by atoms with Crippen LogP contribution in [-0.4, -0.2) is 82.8 Å². The molecule has 6 atom stereocenters. The fourth-order valence-corrected chi connectivity index (χ4v) is 11.1. The van der Waals surface area contributed by atoms with Gasteiger partial charge in [-0.1, -0.05) is 31.0 Å². The first-order valence-electron chi connectivity index (χ1n) is 18.9. The van der Waals surface area contributed by atoms with Crippen LogP contribution in [0.3, 0.4) is 0 Å². The fraction of sp³-hybridized carbons (Fsp3) is 0.667. The van der Waals surface area contributed by atoms with Crippen molar-refractivity contribution in [1.82, 2.24) is 9.62 Å². The van der Waals surface area contributed by atoms with Gasteiger partial charge in [0.1, 0.15) is 5.75 Å². The number of hydrogen-bond donors (Lipinski definition) is 1. The van der Waals surface area contributed by atoms with E-state index in [0.717, 1.165) is 94.0 Å².